The lowest BCUT2D eigenvalue weighted by atomic mass is 9.94. The maximum atomic E-state index is 13.7. The second kappa shape index (κ2) is 8.74. The van der Waals surface area contributed by atoms with Gasteiger partial charge in [0.25, 0.3) is 0 Å². The molecule has 2 N–H and O–H groups in total. The van der Waals surface area contributed by atoms with E-state index in [-0.39, 0.29) is 17.7 Å². The number of halogens is 2. The van der Waals surface area contributed by atoms with Crippen LogP contribution in [0.15, 0.2) is 42.6 Å². The predicted molar refractivity (Wildman–Crippen MR) is 129 cm³/mol. The Morgan fingerprint density at radius 1 is 1.26 bits per heavy atom. The highest BCUT2D eigenvalue weighted by molar-refractivity contribution is 7.15. The summed E-state index contributed by atoms with van der Waals surface area (Å²) in [6.07, 6.45) is 4.03. The van der Waals surface area contributed by atoms with Crippen LogP contribution in [0.1, 0.15) is 47.7 Å². The van der Waals surface area contributed by atoms with Crippen molar-refractivity contribution >= 4 is 34.0 Å². The number of nitrogens with one attached hydrogen (secondary N) is 1. The Labute approximate surface area is 210 Å². The minimum Gasteiger partial charge on any atom is -0.454 e. The highest BCUT2D eigenvalue weighted by Crippen LogP contribution is 2.51. The lowest BCUT2D eigenvalue weighted by Crippen LogP contribution is -2.33. The first-order chi connectivity index (χ1) is 16.9. The van der Waals surface area contributed by atoms with E-state index in [0.717, 1.165) is 29.7 Å². The van der Waals surface area contributed by atoms with Crippen LogP contribution in [0, 0.1) is 5.82 Å². The smallest absolute Gasteiger partial charge is 0.236 e. The maximum absolute atomic E-state index is 13.7. The van der Waals surface area contributed by atoms with Crippen molar-refractivity contribution in [1.29, 1.82) is 0 Å². The van der Waals surface area contributed by atoms with Crippen LogP contribution in [-0.2, 0) is 10.2 Å². The van der Waals surface area contributed by atoms with Gasteiger partial charge in [-0.15, -0.1) is 0 Å². The van der Waals surface area contributed by atoms with E-state index in [2.05, 4.69) is 10.3 Å². The van der Waals surface area contributed by atoms with Crippen LogP contribution in [0.3, 0.4) is 0 Å². The van der Waals surface area contributed by atoms with Gasteiger partial charge in [-0.2, -0.15) is 0 Å². The van der Waals surface area contributed by atoms with Crippen molar-refractivity contribution in [3.63, 3.8) is 0 Å². The number of fused-ring (bicyclic) bond motifs is 1. The summed E-state index contributed by atoms with van der Waals surface area (Å²) in [5.41, 5.74) is 0.971. The molecule has 2 aromatic carbocycles. The Hall–Kier alpha value is -2.72. The maximum Gasteiger partial charge on any atom is 0.236 e. The number of ether oxygens (including phenoxy) is 2. The van der Waals surface area contributed by atoms with E-state index in [0.29, 0.717) is 35.2 Å². The Kier molecular flexibility index (Phi) is 5.68. The number of amides is 1. The molecule has 0 radical (unpaired) electrons. The topological polar surface area (TPSA) is 83.9 Å². The number of aliphatic hydroxyl groups is 1. The number of aliphatic hydroxyl groups excluding tert-OH is 1. The fraction of sp³-hybridized carbons (Fsp3) is 0.360. The Morgan fingerprint density at radius 2 is 2.09 bits per heavy atom. The van der Waals surface area contributed by atoms with Crippen molar-refractivity contribution in [2.75, 3.05) is 18.7 Å². The van der Waals surface area contributed by atoms with Crippen molar-refractivity contribution in [2.24, 2.45) is 0 Å². The van der Waals surface area contributed by atoms with E-state index < -0.39 is 23.5 Å². The van der Waals surface area contributed by atoms with E-state index in [1.165, 1.54) is 23.5 Å². The Bertz CT molecular complexity index is 1300. The molecule has 1 saturated carbocycles. The number of anilines is 1. The molecule has 6 rings (SSSR count). The molecule has 182 valence electrons. The third-order valence-electron chi connectivity index (χ3n) is 6.97. The zero-order valence-electron chi connectivity index (χ0n) is 18.7. The predicted octanol–water partition coefficient (Wildman–Crippen LogP) is 4.84. The largest absolute Gasteiger partial charge is 0.454 e. The van der Waals surface area contributed by atoms with Gasteiger partial charge in [0.1, 0.15) is 12.0 Å². The molecule has 3 aliphatic rings. The first kappa shape index (κ1) is 22.7. The summed E-state index contributed by atoms with van der Waals surface area (Å²) in [4.78, 5) is 20.5. The van der Waals surface area contributed by atoms with Gasteiger partial charge in [-0.25, -0.2) is 9.37 Å². The first-order valence-corrected chi connectivity index (χ1v) is 12.7. The van der Waals surface area contributed by atoms with Crippen molar-refractivity contribution in [1.82, 2.24) is 9.88 Å². The van der Waals surface area contributed by atoms with E-state index in [1.807, 2.05) is 23.1 Å². The van der Waals surface area contributed by atoms with E-state index in [9.17, 15) is 14.3 Å². The Balaban J connectivity index is 1.26. The molecular weight excluding hydrogens is 493 g/mol. The minimum atomic E-state index is -0.637. The van der Waals surface area contributed by atoms with Crippen LogP contribution in [0.25, 0.3) is 0 Å². The van der Waals surface area contributed by atoms with Crippen LogP contribution < -0.4 is 14.8 Å². The molecule has 2 fully saturated rings. The lowest BCUT2D eigenvalue weighted by Gasteiger charge is -2.30. The summed E-state index contributed by atoms with van der Waals surface area (Å²) >= 11 is 7.75. The van der Waals surface area contributed by atoms with E-state index in [4.69, 9.17) is 21.1 Å². The highest BCUT2D eigenvalue weighted by atomic mass is 35.5. The number of hydrogen-bond donors (Lipinski definition) is 2. The van der Waals surface area contributed by atoms with Crippen molar-refractivity contribution in [3.8, 4) is 11.5 Å². The van der Waals surface area contributed by atoms with Gasteiger partial charge in [0.2, 0.25) is 12.7 Å². The van der Waals surface area contributed by atoms with Gasteiger partial charge in [0.15, 0.2) is 16.6 Å². The molecule has 0 bridgehead atoms. The number of benzene rings is 2. The average molecular weight is 516 g/mol. The second-order valence-electron chi connectivity index (χ2n) is 9.10. The molecule has 0 spiro atoms. The summed E-state index contributed by atoms with van der Waals surface area (Å²) in [5, 5.41) is 14.3. The number of carbonyl (C=O) groups is 1. The number of hydrogen-bond acceptors (Lipinski definition) is 7. The number of carbonyl (C=O) groups excluding carboxylic acids is 1. The number of thiazole rings is 1. The molecule has 1 unspecified atom stereocenters. The number of rotatable bonds is 6. The summed E-state index contributed by atoms with van der Waals surface area (Å²) in [6, 6.07) is 9.52. The standard InChI is InChI=1S/C25H23ClFN3O4S/c26-17-11-15(27)4-5-16(17)22(30-9-1-2-21(30)31)20-12-28-24(35-20)29-23(32)25(7-8-25)14-3-6-18-19(10-14)34-13-33-18/h3-6,10-12,21-22,31H,1-2,7-9,13H2,(H,28,29,32)/t21?,22-/m0/s1. The van der Waals surface area contributed by atoms with Gasteiger partial charge >= 0.3 is 0 Å². The van der Waals surface area contributed by atoms with Gasteiger partial charge in [-0.05, 0) is 61.1 Å². The lowest BCUT2D eigenvalue weighted by molar-refractivity contribution is -0.118. The zero-order chi connectivity index (χ0) is 24.2. The SMILES string of the molecule is O=C(Nc1ncc([C@H](c2ccc(F)cc2Cl)N2CCCC2O)s1)C1(c2ccc3c(c2)OCO3)CC1. The quantitative estimate of drug-likeness (QED) is 0.489. The highest BCUT2D eigenvalue weighted by Gasteiger charge is 2.52. The Morgan fingerprint density at radius 3 is 2.83 bits per heavy atom. The van der Waals surface area contributed by atoms with Crippen LogP contribution in [0.4, 0.5) is 9.52 Å². The van der Waals surface area contributed by atoms with Crippen molar-refractivity contribution in [2.45, 2.75) is 43.4 Å². The van der Waals surface area contributed by atoms with Gasteiger partial charge < -0.3 is 19.9 Å². The van der Waals surface area contributed by atoms with Crippen LogP contribution in [-0.4, -0.2) is 40.5 Å². The molecule has 2 aliphatic heterocycles. The molecule has 1 aromatic heterocycles. The fourth-order valence-corrected chi connectivity index (χ4v) is 6.17. The van der Waals surface area contributed by atoms with Crippen LogP contribution in [0.5, 0.6) is 11.5 Å². The third kappa shape index (κ3) is 4.06. The molecule has 10 heteroatoms. The molecule has 2 atom stereocenters. The summed E-state index contributed by atoms with van der Waals surface area (Å²) in [6.45, 7) is 0.858. The normalized spacial score (nSPS) is 21.2. The average Bonchev–Trinajstić information content (AvgIpc) is 3.13. The van der Waals surface area contributed by atoms with Gasteiger partial charge in [0.05, 0.1) is 11.5 Å². The monoisotopic (exact) mass is 515 g/mol. The second-order valence-corrected chi connectivity index (χ2v) is 10.6. The van der Waals surface area contributed by atoms with Crippen molar-refractivity contribution < 1.29 is 23.8 Å². The van der Waals surface area contributed by atoms with Crippen LogP contribution >= 0.6 is 22.9 Å². The molecule has 1 saturated heterocycles. The number of nitrogens with zero attached hydrogens (tertiary/aromatic N) is 2. The summed E-state index contributed by atoms with van der Waals surface area (Å²) in [5.74, 6) is 0.801. The fourth-order valence-electron chi connectivity index (χ4n) is 4.94. The van der Waals surface area contributed by atoms with Gasteiger partial charge in [0, 0.05) is 22.6 Å². The molecule has 1 amide bonds. The molecule has 3 heterocycles. The summed E-state index contributed by atoms with van der Waals surface area (Å²) < 4.78 is 24.6. The van der Waals surface area contributed by atoms with Crippen LogP contribution in [0.2, 0.25) is 5.02 Å². The van der Waals surface area contributed by atoms with Crippen molar-refractivity contribution in [3.05, 3.63) is 69.4 Å². The molecule has 1 aliphatic carbocycles. The first-order valence-electron chi connectivity index (χ1n) is 11.5. The summed E-state index contributed by atoms with van der Waals surface area (Å²) in [7, 11) is 0. The number of likely N-dealkylation sites (tertiary alicyclic amines) is 1. The molecular formula is C25H23ClFN3O4S. The molecule has 7 nitrogen and oxygen atoms in total. The van der Waals surface area contributed by atoms with Gasteiger partial charge in [-0.3, -0.25) is 9.69 Å². The molecule has 3 aromatic rings. The van der Waals surface area contributed by atoms with E-state index in [1.54, 1.807) is 12.3 Å². The minimum absolute atomic E-state index is 0.116. The zero-order valence-corrected chi connectivity index (χ0v) is 20.2. The van der Waals surface area contributed by atoms with E-state index >= 15 is 0 Å². The molecule has 35 heavy (non-hydrogen) atoms. The van der Waals surface area contributed by atoms with Gasteiger partial charge in [-0.1, -0.05) is 35.1 Å². The number of aromatic nitrogens is 1. The third-order valence-corrected chi connectivity index (χ3v) is 8.27.